The fourth-order valence-electron chi connectivity index (χ4n) is 0.183. The smallest absolute Gasteiger partial charge is 0.234 e. The molecule has 0 radical (unpaired) electrons. The van der Waals surface area contributed by atoms with E-state index in [1.54, 1.807) is 7.11 Å². The van der Waals surface area contributed by atoms with Crippen LogP contribution in [0, 0.1) is 0 Å². The SMILES string of the molecule is CO[SiH2]CN=C=O. The van der Waals surface area contributed by atoms with Crippen LogP contribution in [0.15, 0.2) is 4.99 Å². The number of hydrogen-bond acceptors (Lipinski definition) is 3. The highest BCUT2D eigenvalue weighted by atomic mass is 28.2. The van der Waals surface area contributed by atoms with E-state index in [4.69, 9.17) is 4.43 Å². The molecule has 0 aliphatic heterocycles. The van der Waals surface area contributed by atoms with Gasteiger partial charge in [-0.2, -0.15) is 0 Å². The summed E-state index contributed by atoms with van der Waals surface area (Å²) >= 11 is 0. The molecule has 0 atom stereocenters. The Bertz CT molecular complexity index is 79.0. The second kappa shape index (κ2) is 5.56. The van der Waals surface area contributed by atoms with Crippen molar-refractivity contribution in [2.45, 2.75) is 0 Å². The Morgan fingerprint density at radius 1 is 2.00 bits per heavy atom. The molecule has 0 N–H and O–H groups in total. The first kappa shape index (κ1) is 6.56. The van der Waals surface area contributed by atoms with E-state index >= 15 is 0 Å². The molecule has 3 nitrogen and oxygen atoms in total. The topological polar surface area (TPSA) is 38.7 Å². The molecule has 0 saturated heterocycles. The number of hydrogen-bond donors (Lipinski definition) is 0. The summed E-state index contributed by atoms with van der Waals surface area (Å²) in [5, 5.41) is 0. The van der Waals surface area contributed by atoms with Gasteiger partial charge >= 0.3 is 0 Å². The lowest BCUT2D eigenvalue weighted by atomic mass is 11.4. The third-order valence-electron chi connectivity index (χ3n) is 0.472. The molecule has 0 amide bonds. The molecule has 40 valence electrons. The standard InChI is InChI=1S/C3H7NO2Si/c1-6-7-3-4-2-5/h3,7H2,1H3. The Labute approximate surface area is 44.3 Å². The van der Waals surface area contributed by atoms with Gasteiger partial charge in [0.15, 0.2) is 9.76 Å². The van der Waals surface area contributed by atoms with Crippen LogP contribution in [0.5, 0.6) is 0 Å². The van der Waals surface area contributed by atoms with Gasteiger partial charge in [-0.05, 0) is 0 Å². The Morgan fingerprint density at radius 3 is 3.14 bits per heavy atom. The van der Waals surface area contributed by atoms with Gasteiger partial charge in [-0.1, -0.05) is 0 Å². The molecule has 7 heavy (non-hydrogen) atoms. The average Bonchev–Trinajstić information content (AvgIpc) is 1.69. The quantitative estimate of drug-likeness (QED) is 0.206. The minimum absolute atomic E-state index is 0.518. The number of isocyanates is 1. The highest BCUT2D eigenvalue weighted by Crippen LogP contribution is 1.61. The van der Waals surface area contributed by atoms with E-state index in [2.05, 4.69) is 4.99 Å². The fraction of sp³-hybridized carbons (Fsp3) is 0.667. The number of rotatable bonds is 3. The zero-order valence-corrected chi connectivity index (χ0v) is 5.59. The Kier molecular flexibility index (Phi) is 5.21. The fourth-order valence-corrected chi connectivity index (χ4v) is 0.548. The summed E-state index contributed by atoms with van der Waals surface area (Å²) in [6, 6.07) is 0. The van der Waals surface area contributed by atoms with E-state index in [9.17, 15) is 4.79 Å². The molecule has 0 fully saturated rings. The van der Waals surface area contributed by atoms with Crippen LogP contribution in [0.4, 0.5) is 0 Å². The summed E-state index contributed by atoms with van der Waals surface area (Å²) in [5.74, 6) is 0. The van der Waals surface area contributed by atoms with Crippen molar-refractivity contribution in [3.05, 3.63) is 0 Å². The predicted molar refractivity (Wildman–Crippen MR) is 28.5 cm³/mol. The summed E-state index contributed by atoms with van der Waals surface area (Å²) in [4.78, 5) is 12.6. The molecule has 0 heterocycles. The predicted octanol–water partition coefficient (Wildman–Crippen LogP) is -0.990. The maximum atomic E-state index is 9.35. The Morgan fingerprint density at radius 2 is 2.71 bits per heavy atom. The van der Waals surface area contributed by atoms with E-state index in [1.165, 1.54) is 6.08 Å². The van der Waals surface area contributed by atoms with Crippen LogP contribution in [-0.4, -0.2) is 29.1 Å². The van der Waals surface area contributed by atoms with Gasteiger partial charge in [-0.3, -0.25) is 0 Å². The van der Waals surface area contributed by atoms with Crippen molar-refractivity contribution in [3.63, 3.8) is 0 Å². The van der Waals surface area contributed by atoms with Gasteiger partial charge in [0.25, 0.3) is 0 Å². The molecular formula is C3H7NO2Si. The third-order valence-corrected chi connectivity index (χ3v) is 1.29. The van der Waals surface area contributed by atoms with Gasteiger partial charge < -0.3 is 4.43 Å². The van der Waals surface area contributed by atoms with E-state index < -0.39 is 9.76 Å². The Hall–Kier alpha value is -0.443. The van der Waals surface area contributed by atoms with E-state index in [0.29, 0.717) is 6.17 Å². The first-order chi connectivity index (χ1) is 3.41. The van der Waals surface area contributed by atoms with Crippen LogP contribution < -0.4 is 0 Å². The van der Waals surface area contributed by atoms with Crippen molar-refractivity contribution in [2.75, 3.05) is 13.3 Å². The second-order valence-electron chi connectivity index (χ2n) is 0.966. The molecular weight excluding hydrogens is 110 g/mol. The van der Waals surface area contributed by atoms with Gasteiger partial charge in [0.05, 0.1) is 6.17 Å². The van der Waals surface area contributed by atoms with Gasteiger partial charge in [0.1, 0.15) is 0 Å². The monoisotopic (exact) mass is 117 g/mol. The van der Waals surface area contributed by atoms with Crippen molar-refractivity contribution in [2.24, 2.45) is 4.99 Å². The molecule has 0 aromatic carbocycles. The van der Waals surface area contributed by atoms with Crippen LogP contribution in [0.1, 0.15) is 0 Å². The first-order valence-corrected chi connectivity index (χ1v) is 3.52. The lowest BCUT2D eigenvalue weighted by Crippen LogP contribution is -1.96. The molecule has 0 rings (SSSR count). The van der Waals surface area contributed by atoms with Crippen LogP contribution in [0.2, 0.25) is 0 Å². The normalized spacial score (nSPS) is 9.29. The number of aliphatic imine (C=N–C) groups is 1. The average molecular weight is 117 g/mol. The molecule has 0 aliphatic carbocycles. The lowest BCUT2D eigenvalue weighted by Gasteiger charge is -1.83. The minimum atomic E-state index is -0.518. The molecule has 0 saturated carbocycles. The molecule has 0 aliphatic rings. The number of nitrogens with zero attached hydrogens (tertiary/aromatic N) is 1. The summed E-state index contributed by atoms with van der Waals surface area (Å²) in [6.07, 6.45) is 1.99. The van der Waals surface area contributed by atoms with Crippen molar-refractivity contribution in [1.82, 2.24) is 0 Å². The summed E-state index contributed by atoms with van der Waals surface area (Å²) in [6.45, 7) is 0. The molecule has 0 unspecified atom stereocenters. The van der Waals surface area contributed by atoms with Crippen molar-refractivity contribution in [3.8, 4) is 0 Å². The third kappa shape index (κ3) is 5.56. The molecule has 4 heteroatoms. The first-order valence-electron chi connectivity index (χ1n) is 1.94. The van der Waals surface area contributed by atoms with E-state index in [-0.39, 0.29) is 0 Å². The Balaban J connectivity index is 2.83. The molecule has 0 aromatic heterocycles. The van der Waals surface area contributed by atoms with Gasteiger partial charge in [-0.25, -0.2) is 9.79 Å². The van der Waals surface area contributed by atoms with Gasteiger partial charge in [0.2, 0.25) is 6.08 Å². The maximum Gasteiger partial charge on any atom is 0.234 e. The van der Waals surface area contributed by atoms with Gasteiger partial charge in [0, 0.05) is 7.11 Å². The highest BCUT2D eigenvalue weighted by Gasteiger charge is 1.76. The van der Waals surface area contributed by atoms with Crippen molar-refractivity contribution in [1.29, 1.82) is 0 Å². The zero-order valence-electron chi connectivity index (χ0n) is 4.18. The summed E-state index contributed by atoms with van der Waals surface area (Å²) in [7, 11) is 1.10. The van der Waals surface area contributed by atoms with Crippen LogP contribution in [0.3, 0.4) is 0 Å². The molecule has 0 bridgehead atoms. The van der Waals surface area contributed by atoms with Crippen LogP contribution in [0.25, 0.3) is 0 Å². The second-order valence-corrected chi connectivity index (χ2v) is 2.40. The summed E-state index contributed by atoms with van der Waals surface area (Å²) < 4.78 is 4.71. The van der Waals surface area contributed by atoms with Crippen LogP contribution in [-0.2, 0) is 9.22 Å². The van der Waals surface area contributed by atoms with Crippen LogP contribution >= 0.6 is 0 Å². The zero-order chi connectivity index (χ0) is 5.54. The lowest BCUT2D eigenvalue weighted by molar-refractivity contribution is 0.442. The summed E-state index contributed by atoms with van der Waals surface area (Å²) in [5.41, 5.74) is 0. The maximum absolute atomic E-state index is 9.35. The number of carbonyl (C=O) groups excluding carboxylic acids is 1. The van der Waals surface area contributed by atoms with E-state index in [0.717, 1.165) is 0 Å². The van der Waals surface area contributed by atoms with Crippen molar-refractivity contribution >= 4 is 15.8 Å². The van der Waals surface area contributed by atoms with Gasteiger partial charge in [-0.15, -0.1) is 0 Å². The van der Waals surface area contributed by atoms with Crippen molar-refractivity contribution < 1.29 is 9.22 Å². The molecule has 0 aromatic rings. The largest absolute Gasteiger partial charge is 0.425 e. The highest BCUT2D eigenvalue weighted by molar-refractivity contribution is 6.27. The minimum Gasteiger partial charge on any atom is -0.425 e. The molecule has 0 spiro atoms. The van der Waals surface area contributed by atoms with E-state index in [1.807, 2.05) is 0 Å².